The number of benzene rings is 1. The third kappa shape index (κ3) is 2.68. The fourth-order valence-corrected chi connectivity index (χ4v) is 2.18. The van der Waals surface area contributed by atoms with Gasteiger partial charge in [-0.2, -0.15) is 5.10 Å². The second kappa shape index (κ2) is 4.50. The zero-order valence-electron chi connectivity index (χ0n) is 9.17. The van der Waals surface area contributed by atoms with Gasteiger partial charge in [0.2, 0.25) is 0 Å². The van der Waals surface area contributed by atoms with Crippen molar-refractivity contribution in [1.82, 2.24) is 9.78 Å². The van der Waals surface area contributed by atoms with Crippen LogP contribution in [-0.2, 0) is 15.7 Å². The average Bonchev–Trinajstić information content (AvgIpc) is 2.76. The molecule has 0 fully saturated rings. The van der Waals surface area contributed by atoms with Gasteiger partial charge in [-0.05, 0) is 24.3 Å². The monoisotopic (exact) mass is 270 g/mol. The molecule has 0 saturated carbocycles. The van der Waals surface area contributed by atoms with E-state index in [0.717, 1.165) is 11.3 Å². The molecule has 0 spiro atoms. The fourth-order valence-electron chi connectivity index (χ4n) is 1.42. The molecule has 2 aromatic rings. The van der Waals surface area contributed by atoms with Crippen molar-refractivity contribution in [2.75, 3.05) is 6.26 Å². The van der Waals surface area contributed by atoms with Crippen LogP contribution in [0.25, 0.3) is 5.69 Å². The zero-order valence-corrected chi connectivity index (χ0v) is 10.7. The summed E-state index contributed by atoms with van der Waals surface area (Å²) in [6, 6.07) is 6.54. The van der Waals surface area contributed by atoms with Crippen LogP contribution in [0.1, 0.15) is 5.56 Å². The van der Waals surface area contributed by atoms with E-state index in [0.29, 0.717) is 10.8 Å². The average molecular weight is 271 g/mol. The molecular formula is C11H11ClN2O2S. The van der Waals surface area contributed by atoms with Crippen LogP contribution in [0.2, 0.25) is 0 Å². The summed E-state index contributed by atoms with van der Waals surface area (Å²) in [7, 11) is -3.15. The van der Waals surface area contributed by atoms with E-state index in [1.54, 1.807) is 35.1 Å². The Morgan fingerprint density at radius 3 is 2.41 bits per heavy atom. The zero-order chi connectivity index (χ0) is 12.5. The molecule has 2 rings (SSSR count). The van der Waals surface area contributed by atoms with Crippen LogP contribution in [0.4, 0.5) is 0 Å². The molecular weight excluding hydrogens is 260 g/mol. The number of alkyl halides is 1. The highest BCUT2D eigenvalue weighted by Gasteiger charge is 2.07. The molecule has 1 heterocycles. The molecule has 90 valence electrons. The van der Waals surface area contributed by atoms with E-state index in [-0.39, 0.29) is 0 Å². The predicted molar refractivity (Wildman–Crippen MR) is 66.2 cm³/mol. The summed E-state index contributed by atoms with van der Waals surface area (Å²) in [6.45, 7) is 0. The minimum absolute atomic E-state index is 0.297. The van der Waals surface area contributed by atoms with Crippen molar-refractivity contribution < 1.29 is 8.42 Å². The van der Waals surface area contributed by atoms with Crippen LogP contribution in [0.15, 0.2) is 41.6 Å². The molecule has 0 saturated heterocycles. The van der Waals surface area contributed by atoms with Gasteiger partial charge in [-0.15, -0.1) is 11.6 Å². The van der Waals surface area contributed by atoms with E-state index in [1.165, 1.54) is 6.26 Å². The predicted octanol–water partition coefficient (Wildman–Crippen LogP) is 2.01. The summed E-state index contributed by atoms with van der Waals surface area (Å²) in [5, 5.41) is 4.13. The van der Waals surface area contributed by atoms with Gasteiger partial charge in [0.05, 0.1) is 22.7 Å². The highest BCUT2D eigenvalue weighted by Crippen LogP contribution is 2.14. The molecule has 0 N–H and O–H groups in total. The lowest BCUT2D eigenvalue weighted by Crippen LogP contribution is -1.99. The number of hydrogen-bond donors (Lipinski definition) is 0. The molecule has 0 unspecified atom stereocenters. The summed E-state index contributed by atoms with van der Waals surface area (Å²) in [5.41, 5.74) is 1.72. The normalized spacial score (nSPS) is 11.6. The third-order valence-corrected chi connectivity index (χ3v) is 3.76. The number of rotatable bonds is 3. The standard InChI is InChI=1S/C11H11ClN2O2S/c1-17(15,16)11-4-2-10(3-5-11)14-8-9(6-12)7-13-14/h2-5,7-8H,6H2,1H3. The number of hydrogen-bond acceptors (Lipinski definition) is 3. The van der Waals surface area contributed by atoms with Crippen molar-refractivity contribution in [3.63, 3.8) is 0 Å². The van der Waals surface area contributed by atoms with Crippen LogP contribution >= 0.6 is 11.6 Å². The second-order valence-corrected chi connectivity index (χ2v) is 5.98. The Balaban J connectivity index is 2.35. The summed E-state index contributed by atoms with van der Waals surface area (Å²) in [4.78, 5) is 0.297. The SMILES string of the molecule is CS(=O)(=O)c1ccc(-n2cc(CCl)cn2)cc1. The number of halogens is 1. The Labute approximate surface area is 105 Å². The highest BCUT2D eigenvalue weighted by atomic mass is 35.5. The minimum atomic E-state index is -3.15. The van der Waals surface area contributed by atoms with Crippen molar-refractivity contribution in [3.8, 4) is 5.69 Å². The second-order valence-electron chi connectivity index (χ2n) is 3.69. The van der Waals surface area contributed by atoms with E-state index in [9.17, 15) is 8.42 Å². The van der Waals surface area contributed by atoms with Crippen LogP contribution in [0.3, 0.4) is 0 Å². The maximum Gasteiger partial charge on any atom is 0.175 e. The Morgan fingerprint density at radius 1 is 1.29 bits per heavy atom. The van der Waals surface area contributed by atoms with Crippen LogP contribution < -0.4 is 0 Å². The van der Waals surface area contributed by atoms with Gasteiger partial charge in [0.25, 0.3) is 0 Å². The first-order valence-corrected chi connectivity index (χ1v) is 7.33. The first-order valence-electron chi connectivity index (χ1n) is 4.91. The highest BCUT2D eigenvalue weighted by molar-refractivity contribution is 7.90. The topological polar surface area (TPSA) is 52.0 Å². The first-order chi connectivity index (χ1) is 8.00. The van der Waals surface area contributed by atoms with Gasteiger partial charge < -0.3 is 0 Å². The summed E-state index contributed by atoms with van der Waals surface area (Å²) in [6.07, 6.45) is 4.67. The van der Waals surface area contributed by atoms with Crippen LogP contribution in [0, 0.1) is 0 Å². The Hall–Kier alpha value is -1.33. The Morgan fingerprint density at radius 2 is 1.94 bits per heavy atom. The van der Waals surface area contributed by atoms with Crippen molar-refractivity contribution in [1.29, 1.82) is 0 Å². The molecule has 1 aromatic heterocycles. The van der Waals surface area contributed by atoms with Gasteiger partial charge in [-0.1, -0.05) is 0 Å². The molecule has 0 radical (unpaired) electrons. The lowest BCUT2D eigenvalue weighted by atomic mass is 10.3. The van der Waals surface area contributed by atoms with Gasteiger partial charge in [0.1, 0.15) is 0 Å². The molecule has 0 bridgehead atoms. The Bertz CT molecular complexity index is 617. The van der Waals surface area contributed by atoms with Crippen molar-refractivity contribution in [3.05, 3.63) is 42.2 Å². The van der Waals surface area contributed by atoms with Crippen molar-refractivity contribution >= 4 is 21.4 Å². The largest absolute Gasteiger partial charge is 0.241 e. The third-order valence-electron chi connectivity index (χ3n) is 2.32. The molecule has 0 aliphatic carbocycles. The fraction of sp³-hybridized carbons (Fsp3) is 0.182. The van der Waals surface area contributed by atoms with E-state index in [2.05, 4.69) is 5.10 Å². The summed E-state index contributed by atoms with van der Waals surface area (Å²) in [5.74, 6) is 0.404. The number of nitrogens with zero attached hydrogens (tertiary/aromatic N) is 2. The number of aromatic nitrogens is 2. The number of sulfone groups is 1. The van der Waals surface area contributed by atoms with E-state index >= 15 is 0 Å². The van der Waals surface area contributed by atoms with Crippen LogP contribution in [0.5, 0.6) is 0 Å². The molecule has 0 atom stereocenters. The van der Waals surface area contributed by atoms with E-state index < -0.39 is 9.84 Å². The maximum atomic E-state index is 11.3. The summed E-state index contributed by atoms with van der Waals surface area (Å²) < 4.78 is 24.2. The molecule has 1 aromatic carbocycles. The van der Waals surface area contributed by atoms with Gasteiger partial charge in [0.15, 0.2) is 9.84 Å². The van der Waals surface area contributed by atoms with Crippen molar-refractivity contribution in [2.45, 2.75) is 10.8 Å². The molecule has 0 aliphatic heterocycles. The molecule has 17 heavy (non-hydrogen) atoms. The quantitative estimate of drug-likeness (QED) is 0.802. The van der Waals surface area contributed by atoms with Crippen molar-refractivity contribution in [2.24, 2.45) is 0 Å². The lowest BCUT2D eigenvalue weighted by molar-refractivity contribution is 0.602. The van der Waals surface area contributed by atoms with Gasteiger partial charge >= 0.3 is 0 Å². The minimum Gasteiger partial charge on any atom is -0.241 e. The molecule has 6 heteroatoms. The van der Waals surface area contributed by atoms with Gasteiger partial charge in [0, 0.05) is 18.0 Å². The molecule has 0 amide bonds. The molecule has 4 nitrogen and oxygen atoms in total. The summed E-state index contributed by atoms with van der Waals surface area (Å²) >= 11 is 5.68. The van der Waals surface area contributed by atoms with Gasteiger partial charge in [-0.3, -0.25) is 0 Å². The molecule has 0 aliphatic rings. The van der Waals surface area contributed by atoms with Crippen LogP contribution in [-0.4, -0.2) is 24.5 Å². The lowest BCUT2D eigenvalue weighted by Gasteiger charge is -2.02. The smallest absolute Gasteiger partial charge is 0.175 e. The Kier molecular flexibility index (Phi) is 3.22. The maximum absolute atomic E-state index is 11.3. The van der Waals surface area contributed by atoms with E-state index in [4.69, 9.17) is 11.6 Å². The first kappa shape index (κ1) is 12.1. The van der Waals surface area contributed by atoms with Gasteiger partial charge in [-0.25, -0.2) is 13.1 Å². The van der Waals surface area contributed by atoms with E-state index in [1.807, 2.05) is 6.20 Å².